The smallest absolute Gasteiger partial charge is 0.108 e. The molecular formula is C17H19N3. The van der Waals surface area contributed by atoms with Gasteiger partial charge in [0.05, 0.1) is 11.4 Å². The zero-order valence-electron chi connectivity index (χ0n) is 11.9. The van der Waals surface area contributed by atoms with Crippen molar-refractivity contribution < 1.29 is 0 Å². The topological polar surface area (TPSA) is 27.3 Å². The summed E-state index contributed by atoms with van der Waals surface area (Å²) < 4.78 is 0. The number of aryl methyl sites for hydroxylation is 1. The second-order valence-electron chi connectivity index (χ2n) is 5.08. The predicted octanol–water partition coefficient (Wildman–Crippen LogP) is 3.57. The molecule has 0 spiro atoms. The molecule has 0 aliphatic carbocycles. The molecule has 2 N–H and O–H groups in total. The number of rotatable bonds is 3. The summed E-state index contributed by atoms with van der Waals surface area (Å²) >= 11 is 0. The zero-order valence-corrected chi connectivity index (χ0v) is 11.9. The van der Waals surface area contributed by atoms with Crippen LogP contribution in [-0.2, 0) is 0 Å². The maximum Gasteiger partial charge on any atom is 0.108 e. The fourth-order valence-electron chi connectivity index (χ4n) is 2.50. The van der Waals surface area contributed by atoms with Gasteiger partial charge in [-0.1, -0.05) is 42.5 Å². The van der Waals surface area contributed by atoms with Crippen molar-refractivity contribution in [1.82, 2.24) is 10.3 Å². The lowest BCUT2D eigenvalue weighted by atomic mass is 10.1. The molecule has 20 heavy (non-hydrogen) atoms. The van der Waals surface area contributed by atoms with Crippen LogP contribution in [0.25, 0.3) is 5.70 Å². The quantitative estimate of drug-likeness (QED) is 0.888. The second-order valence-corrected chi connectivity index (χ2v) is 5.08. The van der Waals surface area contributed by atoms with Crippen molar-refractivity contribution in [3.8, 4) is 0 Å². The monoisotopic (exact) mass is 265 g/mol. The Labute approximate surface area is 119 Å². The Morgan fingerprint density at radius 1 is 1.00 bits per heavy atom. The van der Waals surface area contributed by atoms with Crippen LogP contribution in [-0.4, -0.2) is 11.7 Å². The molecule has 3 rings (SSSR count). The van der Waals surface area contributed by atoms with Gasteiger partial charge in [0.15, 0.2) is 0 Å². The number of anilines is 1. The average Bonchev–Trinajstić information content (AvgIpc) is 2.81. The Kier molecular flexibility index (Phi) is 3.33. The summed E-state index contributed by atoms with van der Waals surface area (Å²) in [4.78, 5) is 0. The molecule has 3 nitrogen and oxygen atoms in total. The normalized spacial score (nSPS) is 14.4. The molecule has 102 valence electrons. The first kappa shape index (κ1) is 12.6. The lowest BCUT2D eigenvalue weighted by Crippen LogP contribution is -2.29. The summed E-state index contributed by atoms with van der Waals surface area (Å²) in [5, 5.41) is 5.55. The number of nitrogens with zero attached hydrogens (tertiary/aromatic N) is 1. The van der Waals surface area contributed by atoms with Crippen molar-refractivity contribution in [3.05, 3.63) is 71.4 Å². The summed E-state index contributed by atoms with van der Waals surface area (Å²) in [6.45, 7) is 4.98. The summed E-state index contributed by atoms with van der Waals surface area (Å²) in [5.41, 5.74) is 9.44. The fraction of sp³-hybridized carbons (Fsp3) is 0.176. The van der Waals surface area contributed by atoms with Gasteiger partial charge in [-0.2, -0.15) is 0 Å². The van der Waals surface area contributed by atoms with Gasteiger partial charge in [-0.3, -0.25) is 10.4 Å². The van der Waals surface area contributed by atoms with Gasteiger partial charge in [-0.05, 0) is 31.5 Å². The van der Waals surface area contributed by atoms with E-state index in [-0.39, 0.29) is 0 Å². The molecule has 0 fully saturated rings. The second kappa shape index (κ2) is 5.29. The molecule has 0 saturated carbocycles. The van der Waals surface area contributed by atoms with Crippen LogP contribution in [0.2, 0.25) is 0 Å². The number of hydrogen-bond donors (Lipinski definition) is 2. The SMILES string of the molecule is CC1=C(c2ccccc2)N(Nc2cccc(C)c2)CN1. The highest BCUT2D eigenvalue weighted by Crippen LogP contribution is 2.26. The third-order valence-corrected chi connectivity index (χ3v) is 3.46. The van der Waals surface area contributed by atoms with Gasteiger partial charge in [-0.25, -0.2) is 0 Å². The molecule has 0 radical (unpaired) electrons. The highest BCUT2D eigenvalue weighted by molar-refractivity contribution is 5.69. The van der Waals surface area contributed by atoms with Crippen molar-refractivity contribution in [1.29, 1.82) is 0 Å². The van der Waals surface area contributed by atoms with Gasteiger partial charge in [0, 0.05) is 11.3 Å². The van der Waals surface area contributed by atoms with Crippen LogP contribution in [0.5, 0.6) is 0 Å². The number of nitrogens with one attached hydrogen (secondary N) is 2. The molecule has 0 bridgehead atoms. The number of hydrazine groups is 1. The van der Waals surface area contributed by atoms with Crippen LogP contribution in [0.3, 0.4) is 0 Å². The van der Waals surface area contributed by atoms with Crippen LogP contribution >= 0.6 is 0 Å². The fourth-order valence-corrected chi connectivity index (χ4v) is 2.50. The van der Waals surface area contributed by atoms with E-state index in [1.54, 1.807) is 0 Å². The van der Waals surface area contributed by atoms with E-state index in [1.807, 2.05) is 6.07 Å². The molecular weight excluding hydrogens is 246 g/mol. The Hall–Kier alpha value is -2.42. The first-order chi connectivity index (χ1) is 9.74. The molecule has 2 aromatic rings. The van der Waals surface area contributed by atoms with E-state index in [1.165, 1.54) is 22.5 Å². The van der Waals surface area contributed by atoms with E-state index in [0.717, 1.165) is 12.4 Å². The molecule has 0 atom stereocenters. The molecule has 0 amide bonds. The minimum absolute atomic E-state index is 0.768. The van der Waals surface area contributed by atoms with E-state index < -0.39 is 0 Å². The summed E-state index contributed by atoms with van der Waals surface area (Å²) in [6.07, 6.45) is 0. The minimum atomic E-state index is 0.768. The molecule has 1 heterocycles. The largest absolute Gasteiger partial charge is 0.368 e. The summed E-state index contributed by atoms with van der Waals surface area (Å²) in [7, 11) is 0. The van der Waals surface area contributed by atoms with Gasteiger partial charge in [0.1, 0.15) is 6.67 Å². The van der Waals surface area contributed by atoms with Gasteiger partial charge in [0.25, 0.3) is 0 Å². The minimum Gasteiger partial charge on any atom is -0.368 e. The molecule has 2 aromatic carbocycles. The lowest BCUT2D eigenvalue weighted by molar-refractivity contribution is 0.483. The van der Waals surface area contributed by atoms with Crippen LogP contribution in [0.1, 0.15) is 18.1 Å². The molecule has 3 heteroatoms. The maximum absolute atomic E-state index is 3.47. The standard InChI is InChI=1S/C17H19N3/c1-13-7-6-10-16(11-13)19-20-12-18-14(2)17(20)15-8-4-3-5-9-15/h3-11,18-19H,12H2,1-2H3. The van der Waals surface area contributed by atoms with Crippen molar-refractivity contribution in [2.45, 2.75) is 13.8 Å². The van der Waals surface area contributed by atoms with Gasteiger partial charge >= 0.3 is 0 Å². The Morgan fingerprint density at radius 3 is 2.55 bits per heavy atom. The Morgan fingerprint density at radius 2 is 1.80 bits per heavy atom. The third-order valence-electron chi connectivity index (χ3n) is 3.46. The van der Waals surface area contributed by atoms with Crippen molar-refractivity contribution in [2.24, 2.45) is 0 Å². The van der Waals surface area contributed by atoms with Gasteiger partial charge in [-0.15, -0.1) is 0 Å². The van der Waals surface area contributed by atoms with Crippen molar-refractivity contribution >= 4 is 11.4 Å². The summed E-state index contributed by atoms with van der Waals surface area (Å²) in [5.74, 6) is 0. The van der Waals surface area contributed by atoms with Crippen LogP contribution in [0, 0.1) is 6.92 Å². The first-order valence-corrected chi connectivity index (χ1v) is 6.85. The highest BCUT2D eigenvalue weighted by Gasteiger charge is 2.20. The van der Waals surface area contributed by atoms with E-state index in [2.05, 4.69) is 78.1 Å². The molecule has 0 saturated heterocycles. The first-order valence-electron chi connectivity index (χ1n) is 6.85. The third kappa shape index (κ3) is 2.48. The highest BCUT2D eigenvalue weighted by atomic mass is 15.6. The summed E-state index contributed by atoms with van der Waals surface area (Å²) in [6, 6.07) is 18.9. The van der Waals surface area contributed by atoms with Crippen LogP contribution in [0.15, 0.2) is 60.3 Å². The molecule has 0 unspecified atom stereocenters. The number of benzene rings is 2. The lowest BCUT2D eigenvalue weighted by Gasteiger charge is -2.23. The maximum atomic E-state index is 3.47. The zero-order chi connectivity index (χ0) is 13.9. The van der Waals surface area contributed by atoms with Crippen LogP contribution < -0.4 is 10.7 Å². The predicted molar refractivity (Wildman–Crippen MR) is 83.7 cm³/mol. The Balaban J connectivity index is 1.87. The Bertz CT molecular complexity index is 632. The number of hydrogen-bond acceptors (Lipinski definition) is 3. The van der Waals surface area contributed by atoms with E-state index in [4.69, 9.17) is 0 Å². The average molecular weight is 265 g/mol. The molecule has 1 aliphatic heterocycles. The van der Waals surface area contributed by atoms with Gasteiger partial charge < -0.3 is 5.32 Å². The van der Waals surface area contributed by atoms with Crippen LogP contribution in [0.4, 0.5) is 5.69 Å². The number of allylic oxidation sites excluding steroid dienone is 1. The van der Waals surface area contributed by atoms with E-state index in [0.29, 0.717) is 0 Å². The van der Waals surface area contributed by atoms with Crippen molar-refractivity contribution in [2.75, 3.05) is 12.1 Å². The molecule has 1 aliphatic rings. The van der Waals surface area contributed by atoms with E-state index >= 15 is 0 Å². The van der Waals surface area contributed by atoms with E-state index in [9.17, 15) is 0 Å². The van der Waals surface area contributed by atoms with Crippen molar-refractivity contribution in [3.63, 3.8) is 0 Å². The van der Waals surface area contributed by atoms with Gasteiger partial charge in [0.2, 0.25) is 0 Å². The molecule has 0 aromatic heterocycles.